The van der Waals surface area contributed by atoms with Crippen molar-refractivity contribution in [3.05, 3.63) is 20.8 Å². The average Bonchev–Trinajstić information content (AvgIpc) is 2.86. The fourth-order valence-electron chi connectivity index (χ4n) is 2.63. The standard InChI is InChI=1S/C13H18BrNO2S/c1-9(2)13(12(16)17)3-4-15(8-13)6-10-5-11(14)18-7-10/h5,7,9H,3-4,6,8H2,1-2H3,(H,16,17). The van der Waals surface area contributed by atoms with Gasteiger partial charge in [0, 0.05) is 13.1 Å². The number of carboxylic acids is 1. The molecule has 0 saturated carbocycles. The number of hydrogen-bond acceptors (Lipinski definition) is 3. The molecule has 0 radical (unpaired) electrons. The molecule has 3 nitrogen and oxygen atoms in total. The van der Waals surface area contributed by atoms with Crippen LogP contribution in [0.4, 0.5) is 0 Å². The molecule has 1 fully saturated rings. The number of nitrogens with zero attached hydrogens (tertiary/aromatic N) is 1. The van der Waals surface area contributed by atoms with Crippen LogP contribution >= 0.6 is 27.3 Å². The van der Waals surface area contributed by atoms with Gasteiger partial charge in [-0.2, -0.15) is 0 Å². The number of likely N-dealkylation sites (tertiary alicyclic amines) is 1. The molecule has 1 atom stereocenters. The second-order valence-corrected chi connectivity index (χ2v) is 7.63. The minimum atomic E-state index is -0.647. The van der Waals surface area contributed by atoms with Crippen LogP contribution in [-0.4, -0.2) is 29.1 Å². The molecular weight excluding hydrogens is 314 g/mol. The largest absolute Gasteiger partial charge is 0.481 e. The van der Waals surface area contributed by atoms with Crippen LogP contribution in [-0.2, 0) is 11.3 Å². The first-order chi connectivity index (χ1) is 8.44. The Balaban J connectivity index is 2.05. The maximum Gasteiger partial charge on any atom is 0.311 e. The smallest absolute Gasteiger partial charge is 0.311 e. The molecule has 1 unspecified atom stereocenters. The van der Waals surface area contributed by atoms with E-state index in [4.69, 9.17) is 0 Å². The predicted molar refractivity (Wildman–Crippen MR) is 76.8 cm³/mol. The summed E-state index contributed by atoms with van der Waals surface area (Å²) in [5.74, 6) is -0.472. The third-order valence-electron chi connectivity index (χ3n) is 3.94. The van der Waals surface area contributed by atoms with Gasteiger partial charge >= 0.3 is 5.97 Å². The fourth-order valence-corrected chi connectivity index (χ4v) is 3.83. The quantitative estimate of drug-likeness (QED) is 0.918. The summed E-state index contributed by atoms with van der Waals surface area (Å²) in [5.41, 5.74) is 0.699. The van der Waals surface area contributed by atoms with E-state index in [1.165, 1.54) is 5.56 Å². The van der Waals surface area contributed by atoms with Crippen molar-refractivity contribution in [2.75, 3.05) is 13.1 Å². The predicted octanol–water partition coefficient (Wildman–Crippen LogP) is 3.44. The molecule has 1 saturated heterocycles. The number of aliphatic carboxylic acids is 1. The second kappa shape index (κ2) is 5.31. The van der Waals surface area contributed by atoms with Gasteiger partial charge in [0.25, 0.3) is 0 Å². The second-order valence-electron chi connectivity index (χ2n) is 5.34. The molecular formula is C13H18BrNO2S. The van der Waals surface area contributed by atoms with Crippen molar-refractivity contribution in [2.45, 2.75) is 26.8 Å². The molecule has 1 N–H and O–H groups in total. The van der Waals surface area contributed by atoms with Crippen molar-refractivity contribution in [1.82, 2.24) is 4.90 Å². The zero-order chi connectivity index (χ0) is 13.3. The third kappa shape index (κ3) is 2.63. The Hall–Kier alpha value is -0.390. The van der Waals surface area contributed by atoms with Crippen LogP contribution in [0.1, 0.15) is 25.8 Å². The molecule has 0 bridgehead atoms. The van der Waals surface area contributed by atoms with Crippen LogP contribution in [0.3, 0.4) is 0 Å². The van der Waals surface area contributed by atoms with E-state index in [0.29, 0.717) is 6.54 Å². The zero-order valence-corrected chi connectivity index (χ0v) is 13.1. The number of carbonyl (C=O) groups is 1. The summed E-state index contributed by atoms with van der Waals surface area (Å²) in [6, 6.07) is 2.11. The molecule has 0 aliphatic carbocycles. The molecule has 1 aliphatic heterocycles. The molecule has 2 rings (SSSR count). The molecule has 1 aliphatic rings. The molecule has 0 aromatic carbocycles. The van der Waals surface area contributed by atoms with Crippen molar-refractivity contribution >= 4 is 33.2 Å². The number of carboxylic acid groups (broad SMARTS) is 1. The first-order valence-corrected chi connectivity index (χ1v) is 7.80. The lowest BCUT2D eigenvalue weighted by molar-refractivity contribution is -0.151. The van der Waals surface area contributed by atoms with Crippen molar-refractivity contribution in [1.29, 1.82) is 0 Å². The maximum absolute atomic E-state index is 11.5. The van der Waals surface area contributed by atoms with Crippen molar-refractivity contribution in [3.63, 3.8) is 0 Å². The monoisotopic (exact) mass is 331 g/mol. The molecule has 100 valence electrons. The van der Waals surface area contributed by atoms with Crippen molar-refractivity contribution < 1.29 is 9.90 Å². The summed E-state index contributed by atoms with van der Waals surface area (Å²) < 4.78 is 1.13. The maximum atomic E-state index is 11.5. The molecule has 0 amide bonds. The first-order valence-electron chi connectivity index (χ1n) is 6.13. The Morgan fingerprint density at radius 3 is 2.83 bits per heavy atom. The van der Waals surface area contributed by atoms with Crippen LogP contribution in [0.5, 0.6) is 0 Å². The van der Waals surface area contributed by atoms with Gasteiger partial charge in [-0.1, -0.05) is 13.8 Å². The molecule has 5 heteroatoms. The fraction of sp³-hybridized carbons (Fsp3) is 0.615. The lowest BCUT2D eigenvalue weighted by Crippen LogP contribution is -2.39. The van der Waals surface area contributed by atoms with E-state index in [0.717, 1.165) is 23.3 Å². The lowest BCUT2D eigenvalue weighted by atomic mass is 9.76. The van der Waals surface area contributed by atoms with Crippen LogP contribution < -0.4 is 0 Å². The SMILES string of the molecule is CC(C)C1(C(=O)O)CCN(Cc2csc(Br)c2)C1. The van der Waals surface area contributed by atoms with Gasteiger partial charge in [0.15, 0.2) is 0 Å². The van der Waals surface area contributed by atoms with E-state index in [9.17, 15) is 9.90 Å². The summed E-state index contributed by atoms with van der Waals surface area (Å²) in [5, 5.41) is 11.6. The highest BCUT2D eigenvalue weighted by atomic mass is 79.9. The van der Waals surface area contributed by atoms with E-state index in [2.05, 4.69) is 32.3 Å². The van der Waals surface area contributed by atoms with E-state index in [1.54, 1.807) is 11.3 Å². The van der Waals surface area contributed by atoms with Gasteiger partial charge in [-0.25, -0.2) is 0 Å². The van der Waals surface area contributed by atoms with E-state index < -0.39 is 11.4 Å². The summed E-state index contributed by atoms with van der Waals surface area (Å²) >= 11 is 5.13. The van der Waals surface area contributed by atoms with Crippen molar-refractivity contribution in [3.8, 4) is 0 Å². The molecule has 1 aromatic heterocycles. The normalized spacial score (nSPS) is 24.9. The van der Waals surface area contributed by atoms with Gasteiger partial charge in [-0.05, 0) is 51.8 Å². The Morgan fingerprint density at radius 1 is 1.67 bits per heavy atom. The van der Waals surface area contributed by atoms with Crippen molar-refractivity contribution in [2.24, 2.45) is 11.3 Å². The van der Waals surface area contributed by atoms with Gasteiger partial charge in [0.05, 0.1) is 9.20 Å². The lowest BCUT2D eigenvalue weighted by Gasteiger charge is -2.28. The molecule has 2 heterocycles. The number of hydrogen-bond donors (Lipinski definition) is 1. The summed E-state index contributed by atoms with van der Waals surface area (Å²) in [6.07, 6.45) is 0.755. The zero-order valence-electron chi connectivity index (χ0n) is 10.6. The van der Waals surface area contributed by atoms with Gasteiger partial charge in [0.1, 0.15) is 0 Å². The number of thiophene rings is 1. The topological polar surface area (TPSA) is 40.5 Å². The van der Waals surface area contributed by atoms with Crippen LogP contribution in [0, 0.1) is 11.3 Å². The number of halogens is 1. The summed E-state index contributed by atoms with van der Waals surface area (Å²) in [4.78, 5) is 13.8. The Labute approximate surface area is 120 Å². The van der Waals surface area contributed by atoms with E-state index in [1.807, 2.05) is 13.8 Å². The van der Waals surface area contributed by atoms with Gasteiger partial charge in [-0.3, -0.25) is 9.69 Å². The number of rotatable bonds is 4. The minimum absolute atomic E-state index is 0.175. The van der Waals surface area contributed by atoms with Gasteiger partial charge in [-0.15, -0.1) is 11.3 Å². The highest BCUT2D eigenvalue weighted by molar-refractivity contribution is 9.11. The van der Waals surface area contributed by atoms with Crippen LogP contribution in [0.2, 0.25) is 0 Å². The van der Waals surface area contributed by atoms with E-state index in [-0.39, 0.29) is 5.92 Å². The van der Waals surface area contributed by atoms with Gasteiger partial charge in [0.2, 0.25) is 0 Å². The average molecular weight is 332 g/mol. The van der Waals surface area contributed by atoms with Crippen LogP contribution in [0.15, 0.2) is 15.2 Å². The Kier molecular flexibility index (Phi) is 4.14. The third-order valence-corrected chi connectivity index (χ3v) is 5.49. The van der Waals surface area contributed by atoms with E-state index >= 15 is 0 Å². The Bertz CT molecular complexity index is 446. The summed E-state index contributed by atoms with van der Waals surface area (Å²) in [6.45, 7) is 6.41. The Morgan fingerprint density at radius 2 is 2.39 bits per heavy atom. The molecule has 0 spiro atoms. The summed E-state index contributed by atoms with van der Waals surface area (Å²) in [7, 11) is 0. The minimum Gasteiger partial charge on any atom is -0.481 e. The highest BCUT2D eigenvalue weighted by Gasteiger charge is 2.47. The first kappa shape index (κ1) is 14.0. The van der Waals surface area contributed by atoms with Crippen LogP contribution in [0.25, 0.3) is 0 Å². The van der Waals surface area contributed by atoms with Gasteiger partial charge < -0.3 is 5.11 Å². The molecule has 18 heavy (non-hydrogen) atoms. The highest BCUT2D eigenvalue weighted by Crippen LogP contribution is 2.39. The molecule has 1 aromatic rings.